The Morgan fingerprint density at radius 2 is 2.00 bits per heavy atom. The van der Waals surface area contributed by atoms with Crippen LogP contribution in [0, 0.1) is 0 Å². The summed E-state index contributed by atoms with van der Waals surface area (Å²) in [5.74, 6) is -0.379. The van der Waals surface area contributed by atoms with Gasteiger partial charge in [0.1, 0.15) is 6.04 Å². The smallest absolute Gasteiger partial charge is 0.241 e. The highest BCUT2D eigenvalue weighted by atomic mass is 16.1. The summed E-state index contributed by atoms with van der Waals surface area (Å²) in [6, 6.07) is -0.380. The first-order valence-corrected chi connectivity index (χ1v) is 2.84. The van der Waals surface area contributed by atoms with Gasteiger partial charge in [-0.3, -0.25) is 9.79 Å². The number of carbonyl (C=O) groups excluding carboxylic acids is 1. The van der Waals surface area contributed by atoms with Crippen molar-refractivity contribution in [3.05, 3.63) is 0 Å². The van der Waals surface area contributed by atoms with Gasteiger partial charge in [-0.15, -0.1) is 0 Å². The molecule has 0 aliphatic carbocycles. The normalized spacial score (nSPS) is 12.3. The Morgan fingerprint density at radius 3 is 2.11 bits per heavy atom. The van der Waals surface area contributed by atoms with Gasteiger partial charge in [-0.05, 0) is 20.8 Å². The lowest BCUT2D eigenvalue weighted by molar-refractivity contribution is -0.118. The second-order valence-corrected chi connectivity index (χ2v) is 2.15. The van der Waals surface area contributed by atoms with Crippen LogP contribution in [0.3, 0.4) is 0 Å². The van der Waals surface area contributed by atoms with Crippen LogP contribution < -0.4 is 5.73 Å². The van der Waals surface area contributed by atoms with Gasteiger partial charge in [0.25, 0.3) is 0 Å². The summed E-state index contributed by atoms with van der Waals surface area (Å²) in [7, 11) is 0. The van der Waals surface area contributed by atoms with Gasteiger partial charge in [0, 0.05) is 5.71 Å². The predicted octanol–water partition coefficient (Wildman–Crippen LogP) is 0.341. The monoisotopic (exact) mass is 128 g/mol. The van der Waals surface area contributed by atoms with Crippen LogP contribution in [0.25, 0.3) is 0 Å². The number of hydrogen-bond acceptors (Lipinski definition) is 2. The topological polar surface area (TPSA) is 55.4 Å². The fourth-order valence-electron chi connectivity index (χ4n) is 0.451. The third kappa shape index (κ3) is 3.70. The van der Waals surface area contributed by atoms with Gasteiger partial charge in [-0.2, -0.15) is 0 Å². The van der Waals surface area contributed by atoms with E-state index in [4.69, 9.17) is 5.73 Å². The second kappa shape index (κ2) is 3.22. The van der Waals surface area contributed by atoms with Gasteiger partial charge in [-0.25, -0.2) is 0 Å². The molecular formula is C6H12N2O. The Hall–Kier alpha value is -0.860. The molecule has 0 spiro atoms. The Balaban J connectivity index is 3.91. The van der Waals surface area contributed by atoms with Crippen molar-refractivity contribution >= 4 is 11.6 Å². The van der Waals surface area contributed by atoms with Gasteiger partial charge in [-0.1, -0.05) is 0 Å². The molecule has 52 valence electrons. The molecule has 1 unspecified atom stereocenters. The second-order valence-electron chi connectivity index (χ2n) is 2.15. The molecule has 0 bridgehead atoms. The highest BCUT2D eigenvalue weighted by molar-refractivity contribution is 5.85. The molecule has 1 atom stereocenters. The lowest BCUT2D eigenvalue weighted by Gasteiger charge is -1.98. The molecule has 1 amide bonds. The molecule has 0 heterocycles. The molecule has 2 N–H and O–H groups in total. The SMILES string of the molecule is CC(C)=NC(C)C(N)=O. The van der Waals surface area contributed by atoms with E-state index in [9.17, 15) is 4.79 Å². The average molecular weight is 128 g/mol. The van der Waals surface area contributed by atoms with E-state index < -0.39 is 0 Å². The van der Waals surface area contributed by atoms with Crippen LogP contribution in [0.1, 0.15) is 20.8 Å². The number of aliphatic imine (C=N–C) groups is 1. The number of hydrogen-bond donors (Lipinski definition) is 1. The van der Waals surface area contributed by atoms with E-state index in [0.29, 0.717) is 0 Å². The van der Waals surface area contributed by atoms with Crippen molar-refractivity contribution in [2.75, 3.05) is 0 Å². The Morgan fingerprint density at radius 1 is 1.56 bits per heavy atom. The summed E-state index contributed by atoms with van der Waals surface area (Å²) < 4.78 is 0. The Kier molecular flexibility index (Phi) is 2.91. The van der Waals surface area contributed by atoms with E-state index >= 15 is 0 Å². The van der Waals surface area contributed by atoms with E-state index in [-0.39, 0.29) is 11.9 Å². The minimum absolute atomic E-state index is 0.379. The third-order valence-corrected chi connectivity index (χ3v) is 0.864. The number of nitrogens with two attached hydrogens (primary N) is 1. The maximum absolute atomic E-state index is 10.3. The molecule has 0 aliphatic rings. The van der Waals surface area contributed by atoms with Crippen molar-refractivity contribution in [1.82, 2.24) is 0 Å². The number of primary amides is 1. The molecule has 0 aromatic rings. The average Bonchev–Trinajstić information content (AvgIpc) is 1.63. The molecule has 0 aliphatic heterocycles. The third-order valence-electron chi connectivity index (χ3n) is 0.864. The fraction of sp³-hybridized carbons (Fsp3) is 0.667. The zero-order valence-corrected chi connectivity index (χ0v) is 6.01. The van der Waals surface area contributed by atoms with Crippen LogP contribution in [0.5, 0.6) is 0 Å². The van der Waals surface area contributed by atoms with Crippen molar-refractivity contribution in [3.63, 3.8) is 0 Å². The van der Waals surface area contributed by atoms with Gasteiger partial charge < -0.3 is 5.73 Å². The number of amides is 1. The molecule has 3 heteroatoms. The van der Waals surface area contributed by atoms with Crippen LogP contribution in [-0.2, 0) is 4.79 Å². The summed E-state index contributed by atoms with van der Waals surface area (Å²) in [6.45, 7) is 5.34. The first kappa shape index (κ1) is 8.14. The zero-order chi connectivity index (χ0) is 7.44. The molecule has 0 fully saturated rings. The predicted molar refractivity (Wildman–Crippen MR) is 37.4 cm³/mol. The first-order valence-electron chi connectivity index (χ1n) is 2.84. The van der Waals surface area contributed by atoms with E-state index in [0.717, 1.165) is 5.71 Å². The highest BCUT2D eigenvalue weighted by Gasteiger charge is 2.03. The van der Waals surface area contributed by atoms with Gasteiger partial charge in [0.2, 0.25) is 5.91 Å². The van der Waals surface area contributed by atoms with E-state index in [1.165, 1.54) is 0 Å². The summed E-state index contributed by atoms with van der Waals surface area (Å²) in [6.07, 6.45) is 0. The molecular weight excluding hydrogens is 116 g/mol. The fourth-order valence-corrected chi connectivity index (χ4v) is 0.451. The molecule has 0 aromatic carbocycles. The van der Waals surface area contributed by atoms with Crippen LogP contribution in [0.2, 0.25) is 0 Å². The summed E-state index contributed by atoms with van der Waals surface area (Å²) >= 11 is 0. The minimum Gasteiger partial charge on any atom is -0.368 e. The number of rotatable bonds is 2. The standard InChI is InChI=1S/C6H12N2O/c1-4(2)8-5(3)6(7)9/h5H,1-3H3,(H2,7,9). The Bertz CT molecular complexity index is 136. The van der Waals surface area contributed by atoms with Crippen molar-refractivity contribution in [3.8, 4) is 0 Å². The van der Waals surface area contributed by atoms with E-state index in [1.807, 2.05) is 13.8 Å². The summed E-state index contributed by atoms with van der Waals surface area (Å²) in [5, 5.41) is 0. The van der Waals surface area contributed by atoms with Crippen molar-refractivity contribution in [2.45, 2.75) is 26.8 Å². The Labute approximate surface area is 55.0 Å². The molecule has 0 saturated carbocycles. The van der Waals surface area contributed by atoms with E-state index in [1.54, 1.807) is 6.92 Å². The maximum Gasteiger partial charge on any atom is 0.241 e. The molecule has 9 heavy (non-hydrogen) atoms. The lowest BCUT2D eigenvalue weighted by atomic mass is 10.3. The van der Waals surface area contributed by atoms with Crippen molar-refractivity contribution in [1.29, 1.82) is 0 Å². The molecule has 0 aromatic heterocycles. The minimum atomic E-state index is -0.380. The molecule has 3 nitrogen and oxygen atoms in total. The molecule has 0 radical (unpaired) electrons. The highest BCUT2D eigenvalue weighted by Crippen LogP contribution is 1.87. The lowest BCUT2D eigenvalue weighted by Crippen LogP contribution is -2.24. The number of carbonyl (C=O) groups is 1. The zero-order valence-electron chi connectivity index (χ0n) is 6.01. The van der Waals surface area contributed by atoms with Crippen LogP contribution in [-0.4, -0.2) is 17.7 Å². The van der Waals surface area contributed by atoms with Crippen molar-refractivity contribution < 1.29 is 4.79 Å². The van der Waals surface area contributed by atoms with Crippen LogP contribution >= 0.6 is 0 Å². The van der Waals surface area contributed by atoms with Crippen LogP contribution in [0.4, 0.5) is 0 Å². The quantitative estimate of drug-likeness (QED) is 0.536. The van der Waals surface area contributed by atoms with Gasteiger partial charge >= 0.3 is 0 Å². The maximum atomic E-state index is 10.3. The number of nitrogens with zero attached hydrogens (tertiary/aromatic N) is 1. The molecule has 0 saturated heterocycles. The van der Waals surface area contributed by atoms with E-state index in [2.05, 4.69) is 4.99 Å². The van der Waals surface area contributed by atoms with Gasteiger partial charge in [0.15, 0.2) is 0 Å². The molecule has 0 rings (SSSR count). The summed E-state index contributed by atoms with van der Waals surface area (Å²) in [4.78, 5) is 14.3. The first-order chi connectivity index (χ1) is 4.04. The largest absolute Gasteiger partial charge is 0.368 e. The van der Waals surface area contributed by atoms with Gasteiger partial charge in [0.05, 0.1) is 0 Å². The van der Waals surface area contributed by atoms with Crippen molar-refractivity contribution in [2.24, 2.45) is 10.7 Å². The summed E-state index contributed by atoms with van der Waals surface area (Å²) in [5.41, 5.74) is 5.81. The van der Waals surface area contributed by atoms with Crippen LogP contribution in [0.15, 0.2) is 4.99 Å².